The molecular weight excluding hydrogens is 268 g/mol. The Morgan fingerprint density at radius 3 is 3.05 bits per heavy atom. The van der Waals surface area contributed by atoms with Crippen molar-refractivity contribution in [2.75, 3.05) is 31.7 Å². The van der Waals surface area contributed by atoms with Gasteiger partial charge >= 0.3 is 0 Å². The van der Waals surface area contributed by atoms with Crippen molar-refractivity contribution in [3.8, 4) is 5.75 Å². The van der Waals surface area contributed by atoms with E-state index in [-0.39, 0.29) is 6.61 Å². The molecule has 1 aromatic carbocycles. The Labute approximate surface area is 126 Å². The molecule has 0 bridgehead atoms. The maximum Gasteiger partial charge on any atom is 0.124 e. The molecule has 0 aromatic heterocycles. The molecular formula is C16H26N2O3. The van der Waals surface area contributed by atoms with Crippen LogP contribution in [-0.2, 0) is 11.3 Å². The summed E-state index contributed by atoms with van der Waals surface area (Å²) in [6, 6.07) is 6.58. The SMILES string of the molecule is CCOc1ccc(NC(C)CC2COCCN2)cc1CO. The first kappa shape index (κ1) is 16.1. The zero-order valence-corrected chi connectivity index (χ0v) is 12.9. The number of rotatable bonds is 7. The largest absolute Gasteiger partial charge is 0.494 e. The summed E-state index contributed by atoms with van der Waals surface area (Å²) in [5.74, 6) is 0.751. The Bertz CT molecular complexity index is 434. The molecule has 5 nitrogen and oxygen atoms in total. The normalized spacial score (nSPS) is 20.0. The van der Waals surface area contributed by atoms with Crippen molar-refractivity contribution < 1.29 is 14.6 Å². The standard InChI is InChI=1S/C16H26N2O3/c1-3-21-16-5-4-14(9-13(16)10-19)18-12(2)8-15-11-20-7-6-17-15/h4-5,9,12,15,17-19H,3,6-8,10-11H2,1-2H3. The van der Waals surface area contributed by atoms with E-state index in [2.05, 4.69) is 17.6 Å². The molecule has 1 fully saturated rings. The van der Waals surface area contributed by atoms with Gasteiger partial charge in [-0.3, -0.25) is 0 Å². The molecule has 118 valence electrons. The minimum Gasteiger partial charge on any atom is -0.494 e. The van der Waals surface area contributed by atoms with Crippen LogP contribution < -0.4 is 15.4 Å². The summed E-state index contributed by atoms with van der Waals surface area (Å²) < 4.78 is 11.0. The first-order chi connectivity index (χ1) is 10.2. The molecule has 0 amide bonds. The number of benzene rings is 1. The molecule has 5 heteroatoms. The van der Waals surface area contributed by atoms with Crippen molar-refractivity contribution in [3.05, 3.63) is 23.8 Å². The molecule has 2 atom stereocenters. The molecule has 1 heterocycles. The van der Waals surface area contributed by atoms with Crippen LogP contribution in [0, 0.1) is 0 Å². The van der Waals surface area contributed by atoms with Gasteiger partial charge in [0.05, 0.1) is 26.4 Å². The first-order valence-electron chi connectivity index (χ1n) is 7.67. The highest BCUT2D eigenvalue weighted by atomic mass is 16.5. The number of hydrogen-bond acceptors (Lipinski definition) is 5. The molecule has 0 radical (unpaired) electrons. The van der Waals surface area contributed by atoms with Crippen LogP contribution >= 0.6 is 0 Å². The summed E-state index contributed by atoms with van der Waals surface area (Å²) >= 11 is 0. The van der Waals surface area contributed by atoms with Gasteiger partial charge in [-0.05, 0) is 38.5 Å². The maximum atomic E-state index is 9.43. The summed E-state index contributed by atoms with van der Waals surface area (Å²) in [7, 11) is 0. The van der Waals surface area contributed by atoms with E-state index in [1.807, 2.05) is 25.1 Å². The average Bonchev–Trinajstić information content (AvgIpc) is 2.50. The van der Waals surface area contributed by atoms with Crippen LogP contribution in [0.25, 0.3) is 0 Å². The van der Waals surface area contributed by atoms with Crippen molar-refractivity contribution in [1.29, 1.82) is 0 Å². The van der Waals surface area contributed by atoms with Crippen LogP contribution in [0.1, 0.15) is 25.8 Å². The van der Waals surface area contributed by atoms with E-state index in [1.165, 1.54) is 0 Å². The van der Waals surface area contributed by atoms with E-state index in [4.69, 9.17) is 9.47 Å². The van der Waals surface area contributed by atoms with Crippen molar-refractivity contribution in [2.45, 2.75) is 39.0 Å². The van der Waals surface area contributed by atoms with Gasteiger partial charge in [-0.1, -0.05) is 0 Å². The maximum absolute atomic E-state index is 9.43. The number of morpholine rings is 1. The Balaban J connectivity index is 1.91. The van der Waals surface area contributed by atoms with Crippen LogP contribution in [0.15, 0.2) is 18.2 Å². The Hall–Kier alpha value is -1.30. The Morgan fingerprint density at radius 2 is 2.38 bits per heavy atom. The molecule has 21 heavy (non-hydrogen) atoms. The number of anilines is 1. The molecule has 1 aliphatic heterocycles. The van der Waals surface area contributed by atoms with Gasteiger partial charge in [-0.25, -0.2) is 0 Å². The van der Waals surface area contributed by atoms with Crippen LogP contribution in [0.2, 0.25) is 0 Å². The predicted octanol–water partition coefficient (Wildman–Crippen LogP) is 1.76. The summed E-state index contributed by atoms with van der Waals surface area (Å²) in [6.07, 6.45) is 1.00. The van der Waals surface area contributed by atoms with Crippen molar-refractivity contribution in [2.24, 2.45) is 0 Å². The van der Waals surface area contributed by atoms with E-state index in [1.54, 1.807) is 0 Å². The van der Waals surface area contributed by atoms with E-state index < -0.39 is 0 Å². The van der Waals surface area contributed by atoms with Gasteiger partial charge in [0.2, 0.25) is 0 Å². The molecule has 1 aliphatic rings. The Kier molecular flexibility index (Phi) is 6.29. The van der Waals surface area contributed by atoms with E-state index >= 15 is 0 Å². The van der Waals surface area contributed by atoms with Gasteiger partial charge in [0.1, 0.15) is 5.75 Å². The quantitative estimate of drug-likeness (QED) is 0.715. The molecule has 2 unspecified atom stereocenters. The lowest BCUT2D eigenvalue weighted by molar-refractivity contribution is 0.0731. The number of nitrogens with one attached hydrogen (secondary N) is 2. The van der Waals surface area contributed by atoms with Gasteiger partial charge in [0, 0.05) is 29.9 Å². The molecule has 3 N–H and O–H groups in total. The van der Waals surface area contributed by atoms with E-state index in [0.29, 0.717) is 18.7 Å². The number of aliphatic hydroxyl groups excluding tert-OH is 1. The summed E-state index contributed by atoms with van der Waals surface area (Å²) in [6.45, 7) is 7.18. The van der Waals surface area contributed by atoms with Gasteiger partial charge < -0.3 is 25.2 Å². The van der Waals surface area contributed by atoms with E-state index in [0.717, 1.165) is 43.2 Å². The third-order valence-corrected chi connectivity index (χ3v) is 3.58. The third kappa shape index (κ3) is 4.88. The van der Waals surface area contributed by atoms with Gasteiger partial charge in [0.25, 0.3) is 0 Å². The lowest BCUT2D eigenvalue weighted by Gasteiger charge is -2.27. The smallest absolute Gasteiger partial charge is 0.124 e. The molecule has 0 aliphatic carbocycles. The highest BCUT2D eigenvalue weighted by molar-refractivity contribution is 5.51. The first-order valence-corrected chi connectivity index (χ1v) is 7.67. The van der Waals surface area contributed by atoms with Crippen LogP contribution in [0.3, 0.4) is 0 Å². The van der Waals surface area contributed by atoms with Gasteiger partial charge in [-0.15, -0.1) is 0 Å². The summed E-state index contributed by atoms with van der Waals surface area (Å²) in [5.41, 5.74) is 1.82. The second kappa shape index (κ2) is 8.22. The predicted molar refractivity (Wildman–Crippen MR) is 83.8 cm³/mol. The lowest BCUT2D eigenvalue weighted by Crippen LogP contribution is -2.43. The molecule has 0 saturated carbocycles. The molecule has 1 saturated heterocycles. The third-order valence-electron chi connectivity index (χ3n) is 3.58. The van der Waals surface area contributed by atoms with Crippen LogP contribution in [-0.4, -0.2) is 43.6 Å². The number of ether oxygens (including phenoxy) is 2. The van der Waals surface area contributed by atoms with Crippen LogP contribution in [0.4, 0.5) is 5.69 Å². The highest BCUT2D eigenvalue weighted by Gasteiger charge is 2.16. The van der Waals surface area contributed by atoms with Crippen molar-refractivity contribution in [1.82, 2.24) is 5.32 Å². The Morgan fingerprint density at radius 1 is 1.52 bits per heavy atom. The number of aliphatic hydroxyl groups is 1. The summed E-state index contributed by atoms with van der Waals surface area (Å²) in [5, 5.41) is 16.4. The fourth-order valence-electron chi connectivity index (χ4n) is 2.63. The minimum atomic E-state index is -0.0166. The fraction of sp³-hybridized carbons (Fsp3) is 0.625. The molecule has 2 rings (SSSR count). The van der Waals surface area contributed by atoms with Crippen molar-refractivity contribution in [3.63, 3.8) is 0 Å². The van der Waals surface area contributed by atoms with Crippen LogP contribution in [0.5, 0.6) is 5.75 Å². The van der Waals surface area contributed by atoms with Crippen molar-refractivity contribution >= 4 is 5.69 Å². The molecule has 1 aromatic rings. The highest BCUT2D eigenvalue weighted by Crippen LogP contribution is 2.24. The van der Waals surface area contributed by atoms with E-state index in [9.17, 15) is 5.11 Å². The van der Waals surface area contributed by atoms with Gasteiger partial charge in [-0.2, -0.15) is 0 Å². The lowest BCUT2D eigenvalue weighted by atomic mass is 10.1. The zero-order valence-electron chi connectivity index (χ0n) is 12.9. The molecule has 0 spiro atoms. The second-order valence-electron chi connectivity index (χ2n) is 5.42. The zero-order chi connectivity index (χ0) is 15.1. The minimum absolute atomic E-state index is 0.0166. The average molecular weight is 294 g/mol. The topological polar surface area (TPSA) is 62.8 Å². The number of hydrogen-bond donors (Lipinski definition) is 3. The second-order valence-corrected chi connectivity index (χ2v) is 5.42. The fourth-order valence-corrected chi connectivity index (χ4v) is 2.63. The summed E-state index contributed by atoms with van der Waals surface area (Å²) in [4.78, 5) is 0. The van der Waals surface area contributed by atoms with Gasteiger partial charge in [0.15, 0.2) is 0 Å². The monoisotopic (exact) mass is 294 g/mol.